The van der Waals surface area contributed by atoms with Crippen LogP contribution in [0, 0.1) is 10.1 Å². The van der Waals surface area contributed by atoms with Crippen molar-refractivity contribution in [1.82, 2.24) is 0 Å². The zero-order valence-electron chi connectivity index (χ0n) is 14.2. The summed E-state index contributed by atoms with van der Waals surface area (Å²) in [5.74, 6) is 0. The lowest BCUT2D eigenvalue weighted by Crippen LogP contribution is -2.22. The number of primary sulfonamides is 1. The highest BCUT2D eigenvalue weighted by molar-refractivity contribution is 7.89. The number of anilines is 2. The Morgan fingerprint density at radius 1 is 1.12 bits per heavy atom. The summed E-state index contributed by atoms with van der Waals surface area (Å²) in [5.41, 5.74) is 1.97. The van der Waals surface area contributed by atoms with E-state index in [0.717, 1.165) is 17.3 Å². The molecule has 0 saturated carbocycles. The van der Waals surface area contributed by atoms with E-state index in [-0.39, 0.29) is 10.6 Å². The predicted molar refractivity (Wildman–Crippen MR) is 97.3 cm³/mol. The quantitative estimate of drug-likeness (QED) is 0.620. The van der Waals surface area contributed by atoms with Crippen molar-refractivity contribution >= 4 is 27.1 Å². The Hall–Kier alpha value is -2.65. The highest BCUT2D eigenvalue weighted by Gasteiger charge is 2.21. The number of sulfonamides is 1. The smallest absolute Gasteiger partial charge is 0.270 e. The van der Waals surface area contributed by atoms with Crippen molar-refractivity contribution in [1.29, 1.82) is 0 Å². The molecule has 0 fully saturated rings. The van der Waals surface area contributed by atoms with Crippen LogP contribution < -0.4 is 14.9 Å². The summed E-state index contributed by atoms with van der Waals surface area (Å²) in [6, 6.07) is 11.4. The number of non-ortho nitro benzene ring substituents is 1. The molecule has 2 rings (SSSR count). The van der Waals surface area contributed by atoms with Crippen LogP contribution in [0.3, 0.4) is 0 Å². The van der Waals surface area contributed by atoms with Crippen LogP contribution in [0.5, 0.6) is 0 Å². The fourth-order valence-electron chi connectivity index (χ4n) is 2.45. The molecular formula is C16H20N4O4S. The molecule has 2 N–H and O–H groups in total. The molecule has 134 valence electrons. The van der Waals surface area contributed by atoms with Crippen LogP contribution >= 0.6 is 0 Å². The molecule has 0 bridgehead atoms. The summed E-state index contributed by atoms with van der Waals surface area (Å²) in [7, 11) is 1.46. The molecular weight excluding hydrogens is 344 g/mol. The maximum absolute atomic E-state index is 11.9. The van der Waals surface area contributed by atoms with Crippen molar-refractivity contribution in [2.75, 3.05) is 30.9 Å². The molecule has 0 unspecified atom stereocenters. The molecule has 25 heavy (non-hydrogen) atoms. The molecule has 0 radical (unpaired) electrons. The molecule has 9 heteroatoms. The summed E-state index contributed by atoms with van der Waals surface area (Å²) in [5, 5.41) is 16.1. The van der Waals surface area contributed by atoms with E-state index in [9.17, 15) is 18.5 Å². The Morgan fingerprint density at radius 3 is 2.36 bits per heavy atom. The van der Waals surface area contributed by atoms with Gasteiger partial charge in [-0.25, -0.2) is 13.6 Å². The molecule has 0 atom stereocenters. The molecule has 0 amide bonds. The Labute approximate surface area is 146 Å². The molecule has 0 aliphatic carbocycles. The maximum atomic E-state index is 11.9. The van der Waals surface area contributed by atoms with Crippen LogP contribution in [-0.2, 0) is 16.6 Å². The number of benzene rings is 2. The van der Waals surface area contributed by atoms with Crippen molar-refractivity contribution in [3.8, 4) is 0 Å². The van der Waals surface area contributed by atoms with E-state index in [0.29, 0.717) is 12.2 Å². The second kappa shape index (κ2) is 7.08. The lowest BCUT2D eigenvalue weighted by Gasteiger charge is -2.22. The van der Waals surface area contributed by atoms with Crippen LogP contribution in [0.2, 0.25) is 0 Å². The maximum Gasteiger partial charge on any atom is 0.270 e. The molecule has 0 spiro atoms. The van der Waals surface area contributed by atoms with Gasteiger partial charge in [0, 0.05) is 45.5 Å². The SMILES string of the molecule is CN(C)c1cccc(CN(C)c2ccc([N+](=O)[O-])cc2S(N)(=O)=O)c1. The zero-order chi connectivity index (χ0) is 18.8. The van der Waals surface area contributed by atoms with Gasteiger partial charge >= 0.3 is 0 Å². The first-order valence-corrected chi connectivity index (χ1v) is 8.93. The van der Waals surface area contributed by atoms with Gasteiger partial charge in [0.05, 0.1) is 10.6 Å². The Bertz CT molecular complexity index is 897. The van der Waals surface area contributed by atoms with Crippen molar-refractivity contribution in [3.63, 3.8) is 0 Å². The minimum absolute atomic E-state index is 0.270. The lowest BCUT2D eigenvalue weighted by molar-refractivity contribution is -0.385. The topological polar surface area (TPSA) is 110 Å². The van der Waals surface area contributed by atoms with Crippen LogP contribution in [0.1, 0.15) is 5.56 Å². The summed E-state index contributed by atoms with van der Waals surface area (Å²) in [6.07, 6.45) is 0. The minimum atomic E-state index is -4.10. The zero-order valence-corrected chi connectivity index (χ0v) is 15.0. The molecule has 2 aromatic rings. The first-order valence-electron chi connectivity index (χ1n) is 7.38. The number of nitro groups is 1. The lowest BCUT2D eigenvalue weighted by atomic mass is 10.1. The number of hydrogen-bond donors (Lipinski definition) is 1. The van der Waals surface area contributed by atoms with E-state index in [4.69, 9.17) is 5.14 Å². The summed E-state index contributed by atoms with van der Waals surface area (Å²) in [4.78, 5) is 13.6. The van der Waals surface area contributed by atoms with Crippen molar-refractivity contribution in [2.45, 2.75) is 11.4 Å². The fourth-order valence-corrected chi connectivity index (χ4v) is 3.25. The van der Waals surface area contributed by atoms with Gasteiger partial charge < -0.3 is 9.80 Å². The van der Waals surface area contributed by atoms with Gasteiger partial charge in [0.15, 0.2) is 0 Å². The van der Waals surface area contributed by atoms with E-state index in [1.54, 1.807) is 11.9 Å². The highest BCUT2D eigenvalue weighted by atomic mass is 32.2. The van der Waals surface area contributed by atoms with Gasteiger partial charge in [-0.1, -0.05) is 12.1 Å². The first-order chi connectivity index (χ1) is 11.6. The molecule has 2 aromatic carbocycles. The number of nitro benzene ring substituents is 1. The Morgan fingerprint density at radius 2 is 1.80 bits per heavy atom. The van der Waals surface area contributed by atoms with E-state index < -0.39 is 14.9 Å². The minimum Gasteiger partial charge on any atom is -0.378 e. The molecule has 0 aromatic heterocycles. The van der Waals surface area contributed by atoms with Crippen LogP contribution in [0.4, 0.5) is 17.1 Å². The van der Waals surface area contributed by atoms with E-state index in [1.807, 2.05) is 43.3 Å². The van der Waals surface area contributed by atoms with Crippen molar-refractivity contribution < 1.29 is 13.3 Å². The number of hydrogen-bond acceptors (Lipinski definition) is 6. The average Bonchev–Trinajstić information content (AvgIpc) is 2.53. The summed E-state index contributed by atoms with van der Waals surface area (Å²) >= 11 is 0. The van der Waals surface area contributed by atoms with Gasteiger partial charge in [-0.2, -0.15) is 0 Å². The van der Waals surface area contributed by atoms with Gasteiger partial charge in [-0.15, -0.1) is 0 Å². The third kappa shape index (κ3) is 4.46. The van der Waals surface area contributed by atoms with Crippen molar-refractivity contribution in [2.24, 2.45) is 5.14 Å². The number of nitrogens with zero attached hydrogens (tertiary/aromatic N) is 3. The number of rotatable bonds is 6. The number of nitrogens with two attached hydrogens (primary N) is 1. The van der Waals surface area contributed by atoms with E-state index >= 15 is 0 Å². The largest absolute Gasteiger partial charge is 0.378 e. The highest BCUT2D eigenvalue weighted by Crippen LogP contribution is 2.29. The van der Waals surface area contributed by atoms with Gasteiger partial charge in [0.25, 0.3) is 5.69 Å². The summed E-state index contributed by atoms with van der Waals surface area (Å²) in [6.45, 7) is 0.419. The predicted octanol–water partition coefficient (Wildman–Crippen LogP) is 1.94. The van der Waals surface area contributed by atoms with Crippen LogP contribution in [-0.4, -0.2) is 34.5 Å². The Balaban J connectivity index is 2.40. The van der Waals surface area contributed by atoms with Gasteiger partial charge in [0.2, 0.25) is 10.0 Å². The van der Waals surface area contributed by atoms with Gasteiger partial charge in [-0.3, -0.25) is 10.1 Å². The van der Waals surface area contributed by atoms with Crippen LogP contribution in [0.15, 0.2) is 47.4 Å². The monoisotopic (exact) mass is 364 g/mol. The standard InChI is InChI=1S/C16H20N4O4S/c1-18(2)13-6-4-5-12(9-13)11-19(3)15-8-7-14(20(21)22)10-16(15)25(17,23)24/h4-10H,11H2,1-3H3,(H2,17,23,24). The second-order valence-corrected chi connectivity index (χ2v) is 7.40. The molecule has 0 aliphatic rings. The third-order valence-electron chi connectivity index (χ3n) is 3.72. The van der Waals surface area contributed by atoms with E-state index in [2.05, 4.69) is 0 Å². The molecule has 0 saturated heterocycles. The van der Waals surface area contributed by atoms with Gasteiger partial charge in [-0.05, 0) is 23.8 Å². The summed E-state index contributed by atoms with van der Waals surface area (Å²) < 4.78 is 23.7. The van der Waals surface area contributed by atoms with Crippen molar-refractivity contribution in [3.05, 3.63) is 58.1 Å². The average molecular weight is 364 g/mol. The first kappa shape index (κ1) is 18.7. The second-order valence-electron chi connectivity index (χ2n) is 5.87. The van der Waals surface area contributed by atoms with Crippen LogP contribution in [0.25, 0.3) is 0 Å². The Kier molecular flexibility index (Phi) is 5.29. The molecule has 0 heterocycles. The fraction of sp³-hybridized carbons (Fsp3) is 0.250. The molecule has 8 nitrogen and oxygen atoms in total. The molecule has 0 aliphatic heterocycles. The van der Waals surface area contributed by atoms with Gasteiger partial charge in [0.1, 0.15) is 4.90 Å². The normalized spacial score (nSPS) is 11.2. The van der Waals surface area contributed by atoms with E-state index in [1.165, 1.54) is 12.1 Å². The third-order valence-corrected chi connectivity index (χ3v) is 4.66.